The van der Waals surface area contributed by atoms with Gasteiger partial charge in [0.15, 0.2) is 17.5 Å². The molecule has 0 spiro atoms. The average Bonchev–Trinajstić information content (AvgIpc) is 2.77. The molecular weight excluding hydrogens is 411 g/mol. The van der Waals surface area contributed by atoms with Crippen LogP contribution in [-0.2, 0) is 27.3 Å². The molecule has 0 aliphatic carbocycles. The van der Waals surface area contributed by atoms with E-state index < -0.39 is 29.5 Å². The molecule has 0 radical (unpaired) electrons. The van der Waals surface area contributed by atoms with Gasteiger partial charge in [-0.25, -0.2) is 18.0 Å². The first-order valence-corrected chi connectivity index (χ1v) is 10.2. The first-order chi connectivity index (χ1) is 14.9. The van der Waals surface area contributed by atoms with E-state index in [1.165, 1.54) is 0 Å². The van der Waals surface area contributed by atoms with E-state index in [2.05, 4.69) is 0 Å². The predicted molar refractivity (Wildman–Crippen MR) is 105 cm³/mol. The molecule has 8 heteroatoms. The summed E-state index contributed by atoms with van der Waals surface area (Å²) >= 11 is 0. The third kappa shape index (κ3) is 4.58. The fourth-order valence-electron chi connectivity index (χ4n) is 4.30. The Morgan fingerprint density at radius 3 is 2.32 bits per heavy atom. The van der Waals surface area contributed by atoms with Crippen molar-refractivity contribution in [2.75, 3.05) is 13.2 Å². The molecule has 0 saturated carbocycles. The van der Waals surface area contributed by atoms with Crippen molar-refractivity contribution in [1.82, 2.24) is 4.90 Å². The lowest BCUT2D eigenvalue weighted by Gasteiger charge is -2.47. The van der Waals surface area contributed by atoms with Gasteiger partial charge in [0.2, 0.25) is 0 Å². The lowest BCUT2D eigenvalue weighted by Crippen LogP contribution is -2.60. The van der Waals surface area contributed by atoms with Crippen molar-refractivity contribution in [2.45, 2.75) is 38.0 Å². The summed E-state index contributed by atoms with van der Waals surface area (Å²) < 4.78 is 51.6. The van der Waals surface area contributed by atoms with E-state index in [1.807, 2.05) is 30.3 Å². The van der Waals surface area contributed by atoms with E-state index >= 15 is 0 Å². The average molecular weight is 433 g/mol. The standard InChI is InChI=1S/C23H22F3NO4/c24-19-7-6-15(21(25)22(19)26)10-20(28)16-8-17-12-30-13-18(9-16)27(17)23(29)31-11-14-4-2-1-3-5-14/h1-7,16-18H,8-13H2. The molecule has 1 amide bonds. The van der Waals surface area contributed by atoms with Gasteiger partial charge in [-0.2, -0.15) is 0 Å². The van der Waals surface area contributed by atoms with E-state index in [-0.39, 0.29) is 49.7 Å². The van der Waals surface area contributed by atoms with Crippen molar-refractivity contribution in [3.8, 4) is 0 Å². The van der Waals surface area contributed by atoms with Crippen LogP contribution in [0.3, 0.4) is 0 Å². The molecule has 2 fully saturated rings. The number of carbonyl (C=O) groups excluding carboxylic acids is 2. The summed E-state index contributed by atoms with van der Waals surface area (Å²) in [6.45, 7) is 0.703. The Hall–Kier alpha value is -2.87. The van der Waals surface area contributed by atoms with Gasteiger partial charge >= 0.3 is 6.09 Å². The van der Waals surface area contributed by atoms with Gasteiger partial charge < -0.3 is 9.47 Å². The summed E-state index contributed by atoms with van der Waals surface area (Å²) in [6, 6.07) is 10.6. The van der Waals surface area contributed by atoms with Crippen LogP contribution >= 0.6 is 0 Å². The van der Waals surface area contributed by atoms with Crippen LogP contribution in [0.2, 0.25) is 0 Å². The second-order valence-corrected chi connectivity index (χ2v) is 7.94. The SMILES string of the molecule is O=C(Cc1ccc(F)c(F)c1F)C1CC2COCC(C1)N2C(=O)OCc1ccccc1. The smallest absolute Gasteiger partial charge is 0.410 e. The van der Waals surface area contributed by atoms with Crippen LogP contribution in [0.5, 0.6) is 0 Å². The monoisotopic (exact) mass is 433 g/mol. The minimum Gasteiger partial charge on any atom is -0.445 e. The number of hydrogen-bond donors (Lipinski definition) is 0. The van der Waals surface area contributed by atoms with Gasteiger partial charge in [0.1, 0.15) is 12.4 Å². The first-order valence-electron chi connectivity index (χ1n) is 10.2. The van der Waals surface area contributed by atoms with E-state index in [1.54, 1.807) is 4.90 Å². The number of carbonyl (C=O) groups is 2. The molecule has 0 aromatic heterocycles. The molecule has 2 aromatic rings. The number of morpholine rings is 1. The minimum absolute atomic E-state index is 0.147. The van der Waals surface area contributed by atoms with Crippen LogP contribution in [0.1, 0.15) is 24.0 Å². The Balaban J connectivity index is 1.40. The van der Waals surface area contributed by atoms with E-state index in [0.717, 1.165) is 17.7 Å². The van der Waals surface area contributed by atoms with Gasteiger partial charge in [-0.3, -0.25) is 9.69 Å². The summed E-state index contributed by atoms with van der Waals surface area (Å²) in [6.07, 6.45) is -0.0890. The maximum absolute atomic E-state index is 14.0. The molecule has 2 unspecified atom stereocenters. The Bertz CT molecular complexity index is 955. The van der Waals surface area contributed by atoms with Gasteiger partial charge in [0, 0.05) is 12.3 Å². The normalized spacial score (nSPS) is 22.8. The zero-order valence-corrected chi connectivity index (χ0v) is 16.7. The van der Waals surface area contributed by atoms with Crippen molar-refractivity contribution in [3.05, 3.63) is 71.0 Å². The first kappa shape index (κ1) is 21.4. The minimum atomic E-state index is -1.58. The van der Waals surface area contributed by atoms with Crippen LogP contribution < -0.4 is 0 Å². The van der Waals surface area contributed by atoms with Crippen LogP contribution in [0.25, 0.3) is 0 Å². The molecule has 2 aromatic carbocycles. The molecule has 2 saturated heterocycles. The molecule has 5 nitrogen and oxygen atoms in total. The summed E-state index contributed by atoms with van der Waals surface area (Å²) in [5, 5.41) is 0. The van der Waals surface area contributed by atoms with Crippen LogP contribution in [0, 0.1) is 23.4 Å². The Kier molecular flexibility index (Phi) is 6.27. The topological polar surface area (TPSA) is 55.8 Å². The fourth-order valence-corrected chi connectivity index (χ4v) is 4.30. The number of ketones is 1. The maximum Gasteiger partial charge on any atom is 0.410 e. The zero-order chi connectivity index (χ0) is 22.0. The number of amides is 1. The Morgan fingerprint density at radius 1 is 0.968 bits per heavy atom. The molecular formula is C23H22F3NO4. The third-order valence-corrected chi connectivity index (χ3v) is 5.87. The van der Waals surface area contributed by atoms with Gasteiger partial charge in [0.05, 0.1) is 25.3 Å². The van der Waals surface area contributed by atoms with Gasteiger partial charge in [0.25, 0.3) is 0 Å². The molecule has 31 heavy (non-hydrogen) atoms. The highest BCUT2D eigenvalue weighted by molar-refractivity contribution is 5.84. The van der Waals surface area contributed by atoms with Gasteiger partial charge in [-0.05, 0) is 30.0 Å². The molecule has 2 atom stereocenters. The zero-order valence-electron chi connectivity index (χ0n) is 16.7. The molecule has 4 rings (SSSR count). The van der Waals surface area contributed by atoms with Crippen molar-refractivity contribution in [1.29, 1.82) is 0 Å². The molecule has 164 valence electrons. The van der Waals surface area contributed by atoms with Gasteiger partial charge in [-0.1, -0.05) is 36.4 Å². The number of fused-ring (bicyclic) bond motifs is 2. The van der Waals surface area contributed by atoms with Gasteiger partial charge in [-0.15, -0.1) is 0 Å². The third-order valence-electron chi connectivity index (χ3n) is 5.87. The highest BCUT2D eigenvalue weighted by Gasteiger charge is 2.44. The van der Waals surface area contributed by atoms with Crippen LogP contribution in [0.4, 0.5) is 18.0 Å². The Morgan fingerprint density at radius 2 is 1.65 bits per heavy atom. The molecule has 2 heterocycles. The molecule has 2 aliphatic heterocycles. The number of rotatable bonds is 5. The molecule has 2 aliphatic rings. The highest BCUT2D eigenvalue weighted by Crippen LogP contribution is 2.33. The van der Waals surface area contributed by atoms with E-state index in [0.29, 0.717) is 12.8 Å². The van der Waals surface area contributed by atoms with Crippen molar-refractivity contribution < 1.29 is 32.2 Å². The predicted octanol–water partition coefficient (Wildman–Crippen LogP) is 4.03. The Labute approximate surface area is 177 Å². The summed E-state index contributed by atoms with van der Waals surface area (Å²) in [5.41, 5.74) is 0.700. The second-order valence-electron chi connectivity index (χ2n) is 7.94. The molecule has 0 N–H and O–H groups in total. The number of hydrogen-bond acceptors (Lipinski definition) is 4. The maximum atomic E-state index is 14.0. The highest BCUT2D eigenvalue weighted by atomic mass is 19.2. The van der Waals surface area contributed by atoms with Crippen molar-refractivity contribution in [3.63, 3.8) is 0 Å². The van der Waals surface area contributed by atoms with Crippen LogP contribution in [-0.4, -0.2) is 42.1 Å². The number of ether oxygens (including phenoxy) is 2. The fraction of sp³-hybridized carbons (Fsp3) is 0.391. The number of nitrogens with zero attached hydrogens (tertiary/aromatic N) is 1. The lowest BCUT2D eigenvalue weighted by atomic mass is 9.81. The summed E-state index contributed by atoms with van der Waals surface area (Å²) in [5.74, 6) is -4.89. The number of halogens is 3. The number of piperidine rings is 1. The molecule has 2 bridgehead atoms. The second kappa shape index (κ2) is 9.09. The summed E-state index contributed by atoms with van der Waals surface area (Å²) in [4.78, 5) is 27.1. The number of Topliss-reactive ketones (excluding diaryl/α,β-unsaturated/α-hetero) is 1. The van der Waals surface area contributed by atoms with Crippen molar-refractivity contribution >= 4 is 11.9 Å². The van der Waals surface area contributed by atoms with E-state index in [4.69, 9.17) is 9.47 Å². The summed E-state index contributed by atoms with van der Waals surface area (Å²) in [7, 11) is 0. The quantitative estimate of drug-likeness (QED) is 0.668. The number of benzene rings is 2. The largest absolute Gasteiger partial charge is 0.445 e. The van der Waals surface area contributed by atoms with Crippen molar-refractivity contribution in [2.24, 2.45) is 5.92 Å². The lowest BCUT2D eigenvalue weighted by molar-refractivity contribution is -0.130. The van der Waals surface area contributed by atoms with Crippen LogP contribution in [0.15, 0.2) is 42.5 Å². The van der Waals surface area contributed by atoms with E-state index in [9.17, 15) is 22.8 Å².